The standard InChI is InChI=1S/C21H28N2O3/c24-19-7-8-21(15-23(19)14-17-1-2-17)9-11-22(12-10-21)13-16-3-5-18(6-4-16)20(25)26/h3-6,17H,1-2,7-15H2,(H,25,26). The molecule has 1 aromatic rings. The zero-order valence-corrected chi connectivity index (χ0v) is 15.3. The second kappa shape index (κ2) is 7.03. The first-order valence-corrected chi connectivity index (χ1v) is 9.85. The van der Waals surface area contributed by atoms with Crippen LogP contribution in [0.15, 0.2) is 24.3 Å². The number of hydrogen-bond acceptors (Lipinski definition) is 3. The maximum absolute atomic E-state index is 12.2. The lowest BCUT2D eigenvalue weighted by atomic mass is 9.72. The number of rotatable bonds is 5. The summed E-state index contributed by atoms with van der Waals surface area (Å²) in [5.41, 5.74) is 1.83. The summed E-state index contributed by atoms with van der Waals surface area (Å²) in [6.07, 6.45) is 6.69. The Labute approximate surface area is 155 Å². The summed E-state index contributed by atoms with van der Waals surface area (Å²) in [6.45, 7) is 4.95. The van der Waals surface area contributed by atoms with Gasteiger partial charge in [-0.1, -0.05) is 12.1 Å². The van der Waals surface area contributed by atoms with E-state index in [2.05, 4.69) is 9.80 Å². The Balaban J connectivity index is 1.31. The lowest BCUT2D eigenvalue weighted by molar-refractivity contribution is -0.139. The molecule has 1 aliphatic carbocycles. The molecule has 0 bridgehead atoms. The number of carboxylic acids is 1. The van der Waals surface area contributed by atoms with Gasteiger partial charge in [0.05, 0.1) is 5.56 Å². The van der Waals surface area contributed by atoms with Crippen LogP contribution < -0.4 is 0 Å². The number of likely N-dealkylation sites (tertiary alicyclic amines) is 2. The first kappa shape index (κ1) is 17.5. The molecule has 26 heavy (non-hydrogen) atoms. The molecular weight excluding hydrogens is 328 g/mol. The largest absolute Gasteiger partial charge is 0.478 e. The molecule has 2 aliphatic heterocycles. The van der Waals surface area contributed by atoms with E-state index in [0.717, 1.165) is 64.3 Å². The minimum atomic E-state index is -0.876. The summed E-state index contributed by atoms with van der Waals surface area (Å²) in [7, 11) is 0. The highest BCUT2D eigenvalue weighted by atomic mass is 16.4. The minimum Gasteiger partial charge on any atom is -0.478 e. The van der Waals surface area contributed by atoms with Gasteiger partial charge in [0, 0.05) is 26.1 Å². The van der Waals surface area contributed by atoms with Crippen LogP contribution in [-0.4, -0.2) is 53.0 Å². The van der Waals surface area contributed by atoms with Gasteiger partial charge in [-0.3, -0.25) is 9.69 Å². The fourth-order valence-corrected chi connectivity index (χ4v) is 4.49. The molecule has 2 heterocycles. The molecule has 3 aliphatic rings. The Kier molecular flexibility index (Phi) is 4.74. The van der Waals surface area contributed by atoms with Gasteiger partial charge in [0.1, 0.15) is 0 Å². The molecule has 1 aromatic carbocycles. The molecule has 0 radical (unpaired) electrons. The maximum atomic E-state index is 12.2. The highest BCUT2D eigenvalue weighted by Gasteiger charge is 2.42. The van der Waals surface area contributed by atoms with E-state index in [1.54, 1.807) is 12.1 Å². The smallest absolute Gasteiger partial charge is 0.335 e. The number of aromatic carboxylic acids is 1. The summed E-state index contributed by atoms with van der Waals surface area (Å²) in [5, 5.41) is 9.00. The van der Waals surface area contributed by atoms with Gasteiger partial charge in [0.25, 0.3) is 0 Å². The van der Waals surface area contributed by atoms with E-state index < -0.39 is 5.97 Å². The van der Waals surface area contributed by atoms with Crippen LogP contribution in [0.5, 0.6) is 0 Å². The van der Waals surface area contributed by atoms with Crippen LogP contribution in [0, 0.1) is 11.3 Å². The van der Waals surface area contributed by atoms with Crippen molar-refractivity contribution >= 4 is 11.9 Å². The van der Waals surface area contributed by atoms with Crippen LogP contribution in [0.25, 0.3) is 0 Å². The molecule has 0 unspecified atom stereocenters. The van der Waals surface area contributed by atoms with Gasteiger partial charge >= 0.3 is 5.97 Å². The third-order valence-electron chi connectivity index (χ3n) is 6.45. The average molecular weight is 356 g/mol. The Morgan fingerprint density at radius 2 is 1.81 bits per heavy atom. The second-order valence-electron chi connectivity index (χ2n) is 8.50. The molecule has 1 saturated carbocycles. The summed E-state index contributed by atoms with van der Waals surface area (Å²) >= 11 is 0. The van der Waals surface area contributed by atoms with Crippen molar-refractivity contribution in [3.05, 3.63) is 35.4 Å². The van der Waals surface area contributed by atoms with Crippen molar-refractivity contribution < 1.29 is 14.7 Å². The summed E-state index contributed by atoms with van der Waals surface area (Å²) in [6, 6.07) is 7.21. The molecule has 2 saturated heterocycles. The second-order valence-corrected chi connectivity index (χ2v) is 8.50. The van der Waals surface area contributed by atoms with Gasteiger partial charge in [0.15, 0.2) is 0 Å². The normalized spacial score (nSPS) is 23.4. The predicted molar refractivity (Wildman–Crippen MR) is 98.9 cm³/mol. The summed E-state index contributed by atoms with van der Waals surface area (Å²) < 4.78 is 0. The van der Waals surface area contributed by atoms with E-state index in [1.807, 2.05) is 12.1 Å². The van der Waals surface area contributed by atoms with Crippen LogP contribution in [0.2, 0.25) is 0 Å². The van der Waals surface area contributed by atoms with E-state index in [4.69, 9.17) is 5.11 Å². The zero-order valence-electron chi connectivity index (χ0n) is 15.3. The van der Waals surface area contributed by atoms with Gasteiger partial charge in [-0.05, 0) is 74.2 Å². The van der Waals surface area contributed by atoms with Gasteiger partial charge < -0.3 is 10.0 Å². The monoisotopic (exact) mass is 356 g/mol. The lowest BCUT2D eigenvalue weighted by Gasteiger charge is -2.47. The molecule has 1 spiro atoms. The number of piperidine rings is 2. The summed E-state index contributed by atoms with van der Waals surface area (Å²) in [5.74, 6) is 0.255. The van der Waals surface area contributed by atoms with Crippen molar-refractivity contribution in [3.8, 4) is 0 Å². The zero-order chi connectivity index (χ0) is 18.1. The van der Waals surface area contributed by atoms with E-state index in [-0.39, 0.29) is 0 Å². The van der Waals surface area contributed by atoms with Gasteiger partial charge in [0.2, 0.25) is 5.91 Å². The molecule has 4 rings (SSSR count). The maximum Gasteiger partial charge on any atom is 0.335 e. The Bertz CT molecular complexity index is 673. The third-order valence-corrected chi connectivity index (χ3v) is 6.45. The van der Waals surface area contributed by atoms with Gasteiger partial charge in [-0.2, -0.15) is 0 Å². The van der Waals surface area contributed by atoms with E-state index >= 15 is 0 Å². The Morgan fingerprint density at radius 1 is 1.12 bits per heavy atom. The van der Waals surface area contributed by atoms with Crippen LogP contribution in [0.4, 0.5) is 0 Å². The molecule has 140 valence electrons. The number of carbonyl (C=O) groups excluding carboxylic acids is 1. The number of nitrogens with zero attached hydrogens (tertiary/aromatic N) is 2. The van der Waals surface area contributed by atoms with Gasteiger partial charge in [-0.15, -0.1) is 0 Å². The third kappa shape index (κ3) is 3.93. The highest BCUT2D eigenvalue weighted by Crippen LogP contribution is 2.42. The van der Waals surface area contributed by atoms with Crippen molar-refractivity contribution in [2.75, 3.05) is 26.2 Å². The topological polar surface area (TPSA) is 60.9 Å². The molecule has 5 nitrogen and oxygen atoms in total. The van der Waals surface area contributed by atoms with Crippen LogP contribution >= 0.6 is 0 Å². The van der Waals surface area contributed by atoms with E-state index in [9.17, 15) is 9.59 Å². The minimum absolute atomic E-state index is 0.326. The fraction of sp³-hybridized carbons (Fsp3) is 0.619. The van der Waals surface area contributed by atoms with E-state index in [1.165, 1.54) is 18.4 Å². The van der Waals surface area contributed by atoms with E-state index in [0.29, 0.717) is 16.9 Å². The predicted octanol–water partition coefficient (Wildman–Crippen LogP) is 3.00. The van der Waals surface area contributed by atoms with Gasteiger partial charge in [-0.25, -0.2) is 4.79 Å². The van der Waals surface area contributed by atoms with Crippen LogP contribution in [-0.2, 0) is 11.3 Å². The SMILES string of the molecule is O=C(O)c1ccc(CN2CCC3(CCC(=O)N(CC4CC4)C3)CC2)cc1. The highest BCUT2D eigenvalue weighted by molar-refractivity contribution is 5.87. The number of amides is 1. The van der Waals surface area contributed by atoms with Crippen molar-refractivity contribution in [1.82, 2.24) is 9.80 Å². The van der Waals surface area contributed by atoms with Crippen LogP contribution in [0.1, 0.15) is 54.4 Å². The first-order valence-electron chi connectivity index (χ1n) is 9.85. The van der Waals surface area contributed by atoms with Crippen molar-refractivity contribution in [2.24, 2.45) is 11.3 Å². The number of carbonyl (C=O) groups is 2. The molecule has 5 heteroatoms. The van der Waals surface area contributed by atoms with Crippen molar-refractivity contribution in [2.45, 2.75) is 45.1 Å². The number of benzene rings is 1. The van der Waals surface area contributed by atoms with Crippen LogP contribution in [0.3, 0.4) is 0 Å². The number of carboxylic acid groups (broad SMARTS) is 1. The summed E-state index contributed by atoms with van der Waals surface area (Å²) in [4.78, 5) is 27.8. The molecule has 1 amide bonds. The average Bonchev–Trinajstić information content (AvgIpc) is 3.45. The van der Waals surface area contributed by atoms with Crippen molar-refractivity contribution in [1.29, 1.82) is 0 Å². The molecule has 0 aromatic heterocycles. The molecule has 0 atom stereocenters. The lowest BCUT2D eigenvalue weighted by Crippen LogP contribution is -2.51. The number of hydrogen-bond donors (Lipinski definition) is 1. The molecular formula is C21H28N2O3. The Hall–Kier alpha value is -1.88. The quantitative estimate of drug-likeness (QED) is 0.881. The first-order chi connectivity index (χ1) is 12.5. The fourth-order valence-electron chi connectivity index (χ4n) is 4.49. The van der Waals surface area contributed by atoms with Crippen molar-refractivity contribution in [3.63, 3.8) is 0 Å². The molecule has 1 N–H and O–H groups in total. The molecule has 3 fully saturated rings. The Morgan fingerprint density at radius 3 is 2.42 bits per heavy atom.